The van der Waals surface area contributed by atoms with Gasteiger partial charge < -0.3 is 5.32 Å². The van der Waals surface area contributed by atoms with E-state index in [1.165, 1.54) is 5.56 Å². The van der Waals surface area contributed by atoms with Gasteiger partial charge in [0, 0.05) is 10.9 Å². The number of carbonyl (C=O) groups is 1. The molecule has 1 aromatic carbocycles. The molecular weight excluding hydrogens is 262 g/mol. The highest BCUT2D eigenvalue weighted by Gasteiger charge is 2.28. The summed E-state index contributed by atoms with van der Waals surface area (Å²) in [6.07, 6.45) is 0. The Morgan fingerprint density at radius 1 is 1.19 bits per heavy atom. The normalized spacial score (nSPS) is 12.5. The van der Waals surface area contributed by atoms with Crippen LogP contribution >= 0.6 is 0 Å². The van der Waals surface area contributed by atoms with Gasteiger partial charge in [-0.1, -0.05) is 30.3 Å². The first-order chi connectivity index (χ1) is 10.1. The Balaban J connectivity index is 1.64. The maximum Gasteiger partial charge on any atom is 0.270 e. The minimum Gasteiger partial charge on any atom is -0.342 e. The average Bonchev–Trinajstić information content (AvgIpc) is 2.94. The van der Waals surface area contributed by atoms with E-state index >= 15 is 0 Å². The van der Waals surface area contributed by atoms with E-state index in [-0.39, 0.29) is 5.91 Å². The molecule has 0 radical (unpaired) electrons. The third-order valence-electron chi connectivity index (χ3n) is 4.04. The fourth-order valence-electron chi connectivity index (χ4n) is 2.74. The van der Waals surface area contributed by atoms with Crippen LogP contribution in [-0.2, 0) is 5.54 Å². The first-order valence-corrected chi connectivity index (χ1v) is 6.97. The number of carbonyl (C=O) groups excluding carboxylic acids is 1. The summed E-state index contributed by atoms with van der Waals surface area (Å²) < 4.78 is 0. The van der Waals surface area contributed by atoms with Crippen LogP contribution in [-0.4, -0.2) is 16.1 Å². The molecule has 2 aromatic rings. The first-order valence-electron chi connectivity index (χ1n) is 6.97. The Hall–Kier alpha value is -2.62. The summed E-state index contributed by atoms with van der Waals surface area (Å²) in [5.41, 5.74) is 4.41. The van der Waals surface area contributed by atoms with Crippen molar-refractivity contribution in [2.24, 2.45) is 0 Å². The monoisotopic (exact) mass is 277 g/mol. The van der Waals surface area contributed by atoms with Crippen molar-refractivity contribution in [3.63, 3.8) is 0 Å². The quantitative estimate of drug-likeness (QED) is 0.604. The summed E-state index contributed by atoms with van der Waals surface area (Å²) in [7, 11) is 0. The number of fused-ring (bicyclic) bond motifs is 3. The Bertz CT molecular complexity index is 862. The van der Waals surface area contributed by atoms with E-state index in [0.717, 1.165) is 22.0 Å². The van der Waals surface area contributed by atoms with Crippen molar-refractivity contribution in [2.75, 3.05) is 0 Å². The molecule has 4 heteroatoms. The molecule has 0 aliphatic heterocycles. The van der Waals surface area contributed by atoms with Crippen LogP contribution in [0, 0.1) is 0 Å². The van der Waals surface area contributed by atoms with Gasteiger partial charge in [-0.3, -0.25) is 9.89 Å². The van der Waals surface area contributed by atoms with Gasteiger partial charge in [-0.2, -0.15) is 5.10 Å². The highest BCUT2D eigenvalue weighted by molar-refractivity contribution is 6.15. The SMILES string of the molecule is CC(C)(NC(=O)c1[nH]nc2c3cc-3cc12)c1ccccc1. The van der Waals surface area contributed by atoms with E-state index < -0.39 is 5.54 Å². The zero-order valence-corrected chi connectivity index (χ0v) is 11.9. The Morgan fingerprint density at radius 3 is 2.71 bits per heavy atom. The largest absolute Gasteiger partial charge is 0.342 e. The molecule has 1 heterocycles. The third-order valence-corrected chi connectivity index (χ3v) is 4.04. The van der Waals surface area contributed by atoms with Crippen LogP contribution in [0.4, 0.5) is 0 Å². The van der Waals surface area contributed by atoms with Gasteiger partial charge >= 0.3 is 0 Å². The topological polar surface area (TPSA) is 57.8 Å². The highest BCUT2D eigenvalue weighted by Crippen LogP contribution is 2.42. The van der Waals surface area contributed by atoms with Crippen molar-refractivity contribution in [1.29, 1.82) is 0 Å². The summed E-state index contributed by atoms with van der Waals surface area (Å²) in [6, 6.07) is 14.0. The number of hydrogen-bond donors (Lipinski definition) is 2. The second-order valence-electron chi connectivity index (χ2n) is 5.96. The third kappa shape index (κ3) is 1.83. The van der Waals surface area contributed by atoms with Crippen LogP contribution in [0.25, 0.3) is 22.0 Å². The number of nitrogens with zero attached hydrogens (tertiary/aromatic N) is 1. The molecule has 21 heavy (non-hydrogen) atoms. The molecule has 1 amide bonds. The van der Waals surface area contributed by atoms with Crippen LogP contribution in [0.1, 0.15) is 29.9 Å². The summed E-state index contributed by atoms with van der Waals surface area (Å²) in [5.74, 6) is -0.128. The van der Waals surface area contributed by atoms with E-state index in [2.05, 4.69) is 21.6 Å². The lowest BCUT2D eigenvalue weighted by Crippen LogP contribution is -2.41. The number of benzene rings is 2. The van der Waals surface area contributed by atoms with E-state index in [0.29, 0.717) is 5.69 Å². The molecule has 104 valence electrons. The molecule has 2 aliphatic carbocycles. The number of amides is 1. The molecule has 2 N–H and O–H groups in total. The predicted octanol–water partition coefficient (Wildman–Crippen LogP) is 3.21. The smallest absolute Gasteiger partial charge is 0.270 e. The van der Waals surface area contributed by atoms with Gasteiger partial charge in [-0.15, -0.1) is 0 Å². The number of nitrogens with one attached hydrogen (secondary N) is 2. The molecule has 0 bridgehead atoms. The molecule has 1 aromatic heterocycles. The maximum atomic E-state index is 12.5. The molecular formula is C17H15N3O. The molecule has 0 atom stereocenters. The van der Waals surface area contributed by atoms with E-state index in [4.69, 9.17) is 0 Å². The van der Waals surface area contributed by atoms with Crippen LogP contribution in [0.5, 0.6) is 0 Å². The summed E-state index contributed by atoms with van der Waals surface area (Å²) in [6.45, 7) is 3.99. The van der Waals surface area contributed by atoms with Gasteiger partial charge in [-0.05, 0) is 37.1 Å². The second kappa shape index (κ2) is 3.95. The Labute approximate surface area is 122 Å². The maximum absolute atomic E-state index is 12.5. The first kappa shape index (κ1) is 12.1. The van der Waals surface area contributed by atoms with Crippen molar-refractivity contribution in [3.05, 3.63) is 53.7 Å². The minimum absolute atomic E-state index is 0.128. The van der Waals surface area contributed by atoms with E-state index in [1.54, 1.807) is 0 Å². The van der Waals surface area contributed by atoms with Crippen LogP contribution < -0.4 is 5.32 Å². The standard InChI is InChI=1S/C17H15N3O/c1-17(2,11-6-4-3-5-7-11)18-16(21)15-13-9-10-8-12(10)14(13)19-20-15/h3-9H,1-2H3,(H,18,21)(H,19,20). The summed E-state index contributed by atoms with van der Waals surface area (Å²) in [5, 5.41) is 11.1. The van der Waals surface area contributed by atoms with Gasteiger partial charge in [0.1, 0.15) is 11.2 Å². The molecule has 0 spiro atoms. The van der Waals surface area contributed by atoms with Crippen molar-refractivity contribution in [3.8, 4) is 11.1 Å². The van der Waals surface area contributed by atoms with Crippen molar-refractivity contribution >= 4 is 16.8 Å². The van der Waals surface area contributed by atoms with Crippen LogP contribution in [0.15, 0.2) is 42.5 Å². The van der Waals surface area contributed by atoms with Crippen LogP contribution in [0.2, 0.25) is 0 Å². The lowest BCUT2D eigenvalue weighted by atomic mass is 9.94. The molecule has 0 fully saturated rings. The van der Waals surface area contributed by atoms with Gasteiger partial charge in [-0.25, -0.2) is 0 Å². The van der Waals surface area contributed by atoms with E-state index in [9.17, 15) is 4.79 Å². The van der Waals surface area contributed by atoms with Crippen molar-refractivity contribution in [2.45, 2.75) is 19.4 Å². The van der Waals surface area contributed by atoms with Gasteiger partial charge in [0.15, 0.2) is 0 Å². The molecule has 0 saturated carbocycles. The van der Waals surface area contributed by atoms with Gasteiger partial charge in [0.25, 0.3) is 5.91 Å². The number of H-pyrrole nitrogens is 1. The number of rotatable bonds is 3. The number of aromatic amines is 1. The zero-order chi connectivity index (χ0) is 14.6. The van der Waals surface area contributed by atoms with Gasteiger partial charge in [0.05, 0.1) is 5.54 Å². The summed E-state index contributed by atoms with van der Waals surface area (Å²) in [4.78, 5) is 12.5. The molecule has 2 aliphatic rings. The van der Waals surface area contributed by atoms with Gasteiger partial charge in [0.2, 0.25) is 0 Å². The lowest BCUT2D eigenvalue weighted by molar-refractivity contribution is 0.0908. The summed E-state index contributed by atoms with van der Waals surface area (Å²) >= 11 is 0. The Morgan fingerprint density at radius 2 is 1.95 bits per heavy atom. The van der Waals surface area contributed by atoms with Crippen molar-refractivity contribution < 1.29 is 4.79 Å². The molecule has 0 saturated heterocycles. The fraction of sp³-hybridized carbons (Fsp3) is 0.176. The molecule has 0 unspecified atom stereocenters. The van der Waals surface area contributed by atoms with E-state index in [1.807, 2.05) is 50.2 Å². The van der Waals surface area contributed by atoms with Crippen LogP contribution in [0.3, 0.4) is 0 Å². The zero-order valence-electron chi connectivity index (χ0n) is 11.9. The number of aromatic nitrogens is 2. The lowest BCUT2D eigenvalue weighted by Gasteiger charge is -2.26. The van der Waals surface area contributed by atoms with Crippen molar-refractivity contribution in [1.82, 2.24) is 15.5 Å². The predicted molar refractivity (Wildman–Crippen MR) is 82.0 cm³/mol. The number of hydrogen-bond acceptors (Lipinski definition) is 2. The molecule has 4 nitrogen and oxygen atoms in total. The second-order valence-corrected chi connectivity index (χ2v) is 5.96. The average molecular weight is 277 g/mol. The fourth-order valence-corrected chi connectivity index (χ4v) is 2.74. The molecule has 4 rings (SSSR count). The Kier molecular flexibility index (Phi) is 2.28. The minimum atomic E-state index is -0.440. The highest BCUT2D eigenvalue weighted by atomic mass is 16.2.